The second-order valence-corrected chi connectivity index (χ2v) is 24.4. The Hall–Kier alpha value is -5.00. The first kappa shape index (κ1) is 78.2. The Kier molecular flexibility index (Phi) is 34.1. The minimum Gasteiger partial charge on any atom is -0.497 e. The summed E-state index contributed by atoms with van der Waals surface area (Å²) < 4.78 is 87.1. The molecule has 0 heterocycles. The van der Waals surface area contributed by atoms with Crippen LogP contribution in [-0.4, -0.2) is 82.1 Å². The highest BCUT2D eigenvalue weighted by molar-refractivity contribution is 14.1. The number of hydrogen-bond donors (Lipinski definition) is 4. The van der Waals surface area contributed by atoms with Gasteiger partial charge in [-0.3, -0.25) is 0 Å². The predicted octanol–water partition coefficient (Wildman–Crippen LogP) is 17.6. The van der Waals surface area contributed by atoms with Crippen LogP contribution >= 0.6 is 84.9 Å². The van der Waals surface area contributed by atoms with Crippen molar-refractivity contribution in [2.24, 2.45) is 5.92 Å². The van der Waals surface area contributed by atoms with Crippen LogP contribution in [0.5, 0.6) is 23.0 Å². The van der Waals surface area contributed by atoms with E-state index in [-0.39, 0.29) is 48.0 Å². The van der Waals surface area contributed by atoms with E-state index in [4.69, 9.17) is 84.7 Å². The van der Waals surface area contributed by atoms with Crippen molar-refractivity contribution in [1.29, 1.82) is 0 Å². The second kappa shape index (κ2) is 38.8. The molecular formula is C66H73B3BrCl4F4IO10. The fourth-order valence-corrected chi connectivity index (χ4v) is 9.41. The van der Waals surface area contributed by atoms with Crippen molar-refractivity contribution < 1.29 is 65.9 Å². The van der Waals surface area contributed by atoms with Crippen LogP contribution in [-0.2, 0) is 9.31 Å². The van der Waals surface area contributed by atoms with Crippen molar-refractivity contribution in [1.82, 2.24) is 0 Å². The van der Waals surface area contributed by atoms with Crippen LogP contribution < -0.4 is 29.9 Å². The number of ether oxygens (including phenoxy) is 4. The average Bonchev–Trinajstić information content (AvgIpc) is 2.42. The van der Waals surface area contributed by atoms with Gasteiger partial charge in [0.15, 0.2) is 0 Å². The molecule has 23 heteroatoms. The Labute approximate surface area is 564 Å². The lowest BCUT2D eigenvalue weighted by Gasteiger charge is -2.20. The van der Waals surface area contributed by atoms with Crippen LogP contribution in [0.4, 0.5) is 17.6 Å². The van der Waals surface area contributed by atoms with Crippen LogP contribution in [0.15, 0.2) is 138 Å². The smallest absolute Gasteiger partial charge is 0.492 e. The summed E-state index contributed by atoms with van der Waals surface area (Å²) in [7, 11) is 2.82. The number of hydrogen-bond acceptors (Lipinski definition) is 10. The maximum Gasteiger partial charge on any atom is 0.492 e. The maximum atomic E-state index is 14.1. The molecule has 0 amide bonds. The standard InChI is InChI=1S/C14H13BClFO3.C14H11ClFIO.C14H12ClFO.C10H23BO2.C7H8BClO2.C7H6BrFO/c1-8-5-9(3-4-12(8)16)10-6-14(20-2)11(15(18)19)7-13(10)17;1-8-5-9(3-4-11(8)15)10-6-14(18-2)13(17)7-12(10)16;1-9-7-10(3-5-13(9)15)12-8-11(17-2)4-6-14(12)16;1-8(2)7-11(12-9(3)4)13-10(5)6;1-5-4-6(8(10)11)2-3-7(5)9;1-10-5-2-3-7(9)6(8)4-5/h3-7,18-19H,1-2H3;3-7H,1-2H3;3-8H,1-2H3;8-10H,7H2,1-6H3;2-4,10-11H,1H3;2-4H,1H3. The van der Waals surface area contributed by atoms with Gasteiger partial charge < -0.3 is 48.4 Å². The molecule has 4 N–H and O–H groups in total. The largest absolute Gasteiger partial charge is 0.497 e. The van der Waals surface area contributed by atoms with Crippen molar-refractivity contribution >= 4 is 117 Å². The molecule has 0 spiro atoms. The van der Waals surface area contributed by atoms with Crippen molar-refractivity contribution in [2.75, 3.05) is 28.4 Å². The molecule has 0 unspecified atom stereocenters. The summed E-state index contributed by atoms with van der Waals surface area (Å²) in [5.41, 5.74) is 7.55. The summed E-state index contributed by atoms with van der Waals surface area (Å²) in [5.74, 6) is 1.40. The minimum absolute atomic E-state index is 0.0144. The van der Waals surface area contributed by atoms with Gasteiger partial charge in [0.05, 0.1) is 36.5 Å². The van der Waals surface area contributed by atoms with E-state index in [1.807, 2.05) is 90.1 Å². The predicted molar refractivity (Wildman–Crippen MR) is 371 cm³/mol. The van der Waals surface area contributed by atoms with E-state index in [9.17, 15) is 27.6 Å². The molecule has 0 saturated carbocycles. The number of rotatable bonds is 15. The van der Waals surface area contributed by atoms with Gasteiger partial charge in [0, 0.05) is 54.5 Å². The molecular weight excluding hydrogens is 1410 g/mol. The van der Waals surface area contributed by atoms with Crippen LogP contribution in [0, 0.1) is 60.5 Å². The highest BCUT2D eigenvalue weighted by atomic mass is 127. The molecule has 8 aromatic rings. The third-order valence-corrected chi connectivity index (χ3v) is 15.7. The molecule has 0 aliphatic rings. The van der Waals surface area contributed by atoms with Crippen LogP contribution in [0.3, 0.4) is 0 Å². The van der Waals surface area contributed by atoms with Gasteiger partial charge in [0.25, 0.3) is 0 Å². The summed E-state index contributed by atoms with van der Waals surface area (Å²) in [5, 5.41) is 38.5. The van der Waals surface area contributed by atoms with E-state index in [0.717, 1.165) is 49.3 Å². The van der Waals surface area contributed by atoms with Gasteiger partial charge in [-0.2, -0.15) is 0 Å². The number of methoxy groups -OCH3 is 4. The van der Waals surface area contributed by atoms with E-state index < -0.39 is 20.1 Å². The van der Waals surface area contributed by atoms with Gasteiger partial charge in [0.1, 0.15) is 46.3 Å². The molecule has 8 aromatic carbocycles. The zero-order chi connectivity index (χ0) is 67.0. The van der Waals surface area contributed by atoms with Crippen LogP contribution in [0.2, 0.25) is 26.4 Å². The highest BCUT2D eigenvalue weighted by Crippen LogP contribution is 2.34. The monoisotopic (exact) mass is 1480 g/mol. The fourth-order valence-electron chi connectivity index (χ4n) is 7.93. The first-order valence-electron chi connectivity index (χ1n) is 27.7. The van der Waals surface area contributed by atoms with Gasteiger partial charge in [-0.25, -0.2) is 17.6 Å². The van der Waals surface area contributed by atoms with Gasteiger partial charge >= 0.3 is 21.4 Å². The lowest BCUT2D eigenvalue weighted by molar-refractivity contribution is 0.127. The Balaban J connectivity index is 0.000000284. The van der Waals surface area contributed by atoms with Crippen LogP contribution in [0.25, 0.3) is 33.4 Å². The highest BCUT2D eigenvalue weighted by Gasteiger charge is 2.23. The van der Waals surface area contributed by atoms with Crippen molar-refractivity contribution in [3.05, 3.63) is 207 Å². The normalized spacial score (nSPS) is 10.5. The third-order valence-electron chi connectivity index (χ3n) is 12.5. The van der Waals surface area contributed by atoms with E-state index in [0.29, 0.717) is 75.4 Å². The second-order valence-electron chi connectivity index (χ2n) is 20.7. The van der Waals surface area contributed by atoms with E-state index in [1.54, 1.807) is 112 Å². The van der Waals surface area contributed by atoms with Crippen molar-refractivity contribution in [2.45, 2.75) is 87.8 Å². The first-order valence-corrected chi connectivity index (χ1v) is 31.0. The molecule has 10 nitrogen and oxygen atoms in total. The summed E-state index contributed by atoms with van der Waals surface area (Å²) in [6.07, 6.45) is 1.45. The zero-order valence-corrected chi connectivity index (χ0v) is 58.7. The molecule has 0 atom stereocenters. The molecule has 0 radical (unpaired) electrons. The lowest BCUT2D eigenvalue weighted by Crippen LogP contribution is -2.31. The molecule has 0 saturated heterocycles. The molecule has 0 aromatic heterocycles. The maximum absolute atomic E-state index is 14.1. The Bertz CT molecular complexity index is 3530. The molecule has 89 heavy (non-hydrogen) atoms. The van der Waals surface area contributed by atoms with Crippen LogP contribution in [0.1, 0.15) is 63.8 Å². The summed E-state index contributed by atoms with van der Waals surface area (Å²) >= 11 is 28.7. The quantitative estimate of drug-likeness (QED) is 0.0446. The number of aryl methyl sites for hydroxylation is 4. The van der Waals surface area contributed by atoms with Gasteiger partial charge in [-0.05, 0) is 254 Å². The Morgan fingerprint density at radius 3 is 1.21 bits per heavy atom. The van der Waals surface area contributed by atoms with Crippen molar-refractivity contribution in [3.8, 4) is 56.4 Å². The Morgan fingerprint density at radius 2 is 0.843 bits per heavy atom. The SMILES string of the molecule is CC(C)CB(OC(C)C)OC(C)C.COc1cc(-c2ccc(Cl)c(C)c2)c(F)cc1B(O)O.COc1cc(-c2ccc(Cl)c(C)c2)c(F)cc1I.COc1ccc(F)c(-c2ccc(Cl)c(C)c2)c1.COc1ccc(F)c(Br)c1.Cc1cc(B(O)O)ccc1Cl. The minimum atomic E-state index is -1.79. The fraction of sp³-hybridized carbons (Fsp3) is 0.273. The average molecular weight is 1480 g/mol. The van der Waals surface area contributed by atoms with Gasteiger partial charge in [-0.1, -0.05) is 90.6 Å². The zero-order valence-electron chi connectivity index (χ0n) is 51.9. The molecule has 0 fully saturated rings. The molecule has 0 bridgehead atoms. The summed E-state index contributed by atoms with van der Waals surface area (Å²) in [6, 6.07) is 35.7. The topological polar surface area (TPSA) is 136 Å². The molecule has 476 valence electrons. The molecule has 0 aliphatic heterocycles. The summed E-state index contributed by atoms with van der Waals surface area (Å²) in [4.78, 5) is 0. The summed E-state index contributed by atoms with van der Waals surface area (Å²) in [6.45, 7) is 19.9. The van der Waals surface area contributed by atoms with Gasteiger partial charge in [-0.15, -0.1) is 0 Å². The Morgan fingerprint density at radius 1 is 0.449 bits per heavy atom. The van der Waals surface area contributed by atoms with Gasteiger partial charge in [0.2, 0.25) is 0 Å². The van der Waals surface area contributed by atoms with Crippen molar-refractivity contribution in [3.63, 3.8) is 0 Å². The van der Waals surface area contributed by atoms with E-state index in [2.05, 4.69) is 29.8 Å². The third kappa shape index (κ3) is 25.9. The number of benzene rings is 8. The number of halogens is 10. The molecule has 0 aliphatic carbocycles. The van der Waals surface area contributed by atoms with E-state index in [1.165, 1.54) is 31.4 Å². The van der Waals surface area contributed by atoms with E-state index >= 15 is 0 Å². The lowest BCUT2D eigenvalue weighted by atomic mass is 9.78. The first-order chi connectivity index (χ1) is 41.8. The molecule has 8 rings (SSSR count).